The van der Waals surface area contributed by atoms with Gasteiger partial charge < -0.3 is 5.73 Å². The van der Waals surface area contributed by atoms with Crippen molar-refractivity contribution in [2.24, 2.45) is 5.73 Å². The summed E-state index contributed by atoms with van der Waals surface area (Å²) in [7, 11) is 0. The molecular formula is C7H7Cl2F3N2. The van der Waals surface area contributed by atoms with Crippen LogP contribution >= 0.6 is 24.0 Å². The Morgan fingerprint density at radius 2 is 2.00 bits per heavy atom. The Morgan fingerprint density at radius 3 is 2.43 bits per heavy atom. The van der Waals surface area contributed by atoms with Crippen LogP contribution in [0, 0.1) is 0 Å². The Bertz CT molecular complexity index is 303. The molecule has 0 aliphatic carbocycles. The second-order valence-electron chi connectivity index (χ2n) is 2.40. The molecular weight excluding hydrogens is 240 g/mol. The fourth-order valence-electron chi connectivity index (χ4n) is 0.807. The van der Waals surface area contributed by atoms with Crippen LogP contribution < -0.4 is 5.73 Å². The van der Waals surface area contributed by atoms with Crippen molar-refractivity contribution in [1.29, 1.82) is 0 Å². The maximum absolute atomic E-state index is 12.1. The van der Waals surface area contributed by atoms with Crippen molar-refractivity contribution in [1.82, 2.24) is 4.98 Å². The Balaban J connectivity index is 0.00000169. The molecule has 14 heavy (non-hydrogen) atoms. The summed E-state index contributed by atoms with van der Waals surface area (Å²) in [6, 6.07) is 0.481. The molecule has 1 heterocycles. The van der Waals surface area contributed by atoms with Crippen molar-refractivity contribution in [2.75, 3.05) is 0 Å². The average molecular weight is 247 g/mol. The van der Waals surface area contributed by atoms with E-state index in [1.54, 1.807) is 0 Å². The van der Waals surface area contributed by atoms with Gasteiger partial charge in [0, 0.05) is 11.8 Å². The largest absolute Gasteiger partial charge is 0.407 e. The number of hydrogen-bond donors (Lipinski definition) is 1. The highest BCUT2D eigenvalue weighted by Crippen LogP contribution is 2.32. The molecule has 0 aliphatic heterocycles. The molecule has 0 saturated carbocycles. The van der Waals surface area contributed by atoms with E-state index >= 15 is 0 Å². The van der Waals surface area contributed by atoms with Gasteiger partial charge in [-0.3, -0.25) is 0 Å². The fraction of sp³-hybridized carbons (Fsp3) is 0.286. The Hall–Kier alpha value is -0.520. The second-order valence-corrected chi connectivity index (χ2v) is 2.76. The third-order valence-corrected chi connectivity index (χ3v) is 1.79. The number of halogens is 5. The quantitative estimate of drug-likeness (QED) is 0.775. The molecule has 1 aromatic rings. The van der Waals surface area contributed by atoms with Gasteiger partial charge in [-0.15, -0.1) is 12.4 Å². The molecule has 0 fully saturated rings. The molecule has 80 valence electrons. The van der Waals surface area contributed by atoms with Crippen molar-refractivity contribution >= 4 is 24.0 Å². The van der Waals surface area contributed by atoms with Gasteiger partial charge in [0.1, 0.15) is 11.2 Å². The molecule has 7 heteroatoms. The molecule has 1 atom stereocenters. The molecule has 0 aliphatic rings. The van der Waals surface area contributed by atoms with Crippen LogP contribution in [0.5, 0.6) is 0 Å². The SMILES string of the molecule is Cl.N[C@@H](c1cccnc1Cl)C(F)(F)F. The topological polar surface area (TPSA) is 38.9 Å². The maximum Gasteiger partial charge on any atom is 0.407 e. The minimum absolute atomic E-state index is 0. The van der Waals surface area contributed by atoms with Crippen LogP contribution in [0.3, 0.4) is 0 Å². The van der Waals surface area contributed by atoms with Crippen molar-refractivity contribution in [3.05, 3.63) is 29.0 Å². The summed E-state index contributed by atoms with van der Waals surface area (Å²) in [5, 5.41) is -0.215. The second kappa shape index (κ2) is 4.82. The molecule has 2 N–H and O–H groups in total. The summed E-state index contributed by atoms with van der Waals surface area (Å²) in [5.74, 6) is 0. The normalized spacial score (nSPS) is 13.2. The lowest BCUT2D eigenvalue weighted by atomic mass is 10.1. The van der Waals surface area contributed by atoms with Gasteiger partial charge in [0.2, 0.25) is 0 Å². The molecule has 0 aromatic carbocycles. The lowest BCUT2D eigenvalue weighted by molar-refractivity contribution is -0.149. The highest BCUT2D eigenvalue weighted by molar-refractivity contribution is 6.30. The minimum Gasteiger partial charge on any atom is -0.316 e. The highest BCUT2D eigenvalue weighted by atomic mass is 35.5. The summed E-state index contributed by atoms with van der Waals surface area (Å²) in [5.41, 5.74) is 4.71. The standard InChI is InChI=1S/C7H6ClF3N2.ClH/c8-6-4(2-1-3-13-6)5(12)7(9,10)11;/h1-3,5H,12H2;1H/t5-;/m0./s1. The van der Waals surface area contributed by atoms with E-state index in [-0.39, 0.29) is 23.1 Å². The number of pyridine rings is 1. The van der Waals surface area contributed by atoms with Gasteiger partial charge >= 0.3 is 6.18 Å². The Morgan fingerprint density at radius 1 is 1.43 bits per heavy atom. The van der Waals surface area contributed by atoms with Gasteiger partial charge in [-0.05, 0) is 6.07 Å². The molecule has 0 radical (unpaired) electrons. The van der Waals surface area contributed by atoms with Crippen LogP contribution in [0.1, 0.15) is 11.6 Å². The molecule has 0 spiro atoms. The van der Waals surface area contributed by atoms with Crippen molar-refractivity contribution in [2.45, 2.75) is 12.2 Å². The molecule has 2 nitrogen and oxygen atoms in total. The number of aromatic nitrogens is 1. The fourth-order valence-corrected chi connectivity index (χ4v) is 1.04. The minimum atomic E-state index is -4.49. The number of alkyl halides is 3. The van der Waals surface area contributed by atoms with Crippen LogP contribution in [0.15, 0.2) is 18.3 Å². The van der Waals surface area contributed by atoms with E-state index in [1.807, 2.05) is 0 Å². The van der Waals surface area contributed by atoms with E-state index in [1.165, 1.54) is 18.3 Å². The average Bonchev–Trinajstić information content (AvgIpc) is 2.02. The first-order chi connectivity index (χ1) is 5.93. The van der Waals surface area contributed by atoms with E-state index in [2.05, 4.69) is 4.98 Å². The summed E-state index contributed by atoms with van der Waals surface area (Å²) >= 11 is 5.43. The summed E-state index contributed by atoms with van der Waals surface area (Å²) in [6.07, 6.45) is -3.19. The predicted molar refractivity (Wildman–Crippen MR) is 49.5 cm³/mol. The van der Waals surface area contributed by atoms with Crippen LogP contribution in [-0.2, 0) is 0 Å². The number of nitrogens with two attached hydrogens (primary N) is 1. The monoisotopic (exact) mass is 246 g/mol. The van der Waals surface area contributed by atoms with Crippen LogP contribution in [0.4, 0.5) is 13.2 Å². The summed E-state index contributed by atoms with van der Waals surface area (Å²) in [6.45, 7) is 0. The zero-order valence-corrected chi connectivity index (χ0v) is 8.33. The molecule has 0 amide bonds. The zero-order chi connectivity index (χ0) is 10.1. The number of nitrogens with zero attached hydrogens (tertiary/aromatic N) is 1. The Labute approximate surface area is 89.7 Å². The lowest BCUT2D eigenvalue weighted by Gasteiger charge is -2.15. The zero-order valence-electron chi connectivity index (χ0n) is 6.75. The smallest absolute Gasteiger partial charge is 0.316 e. The van der Waals surface area contributed by atoms with E-state index in [9.17, 15) is 13.2 Å². The van der Waals surface area contributed by atoms with Crippen molar-refractivity contribution < 1.29 is 13.2 Å². The number of rotatable bonds is 1. The first kappa shape index (κ1) is 13.5. The summed E-state index contributed by atoms with van der Waals surface area (Å²) < 4.78 is 36.3. The van der Waals surface area contributed by atoms with Crippen molar-refractivity contribution in [3.8, 4) is 0 Å². The molecule has 1 rings (SSSR count). The molecule has 0 unspecified atom stereocenters. The van der Waals surface area contributed by atoms with Gasteiger partial charge in [-0.1, -0.05) is 17.7 Å². The van der Waals surface area contributed by atoms with Gasteiger partial charge in [0.05, 0.1) is 0 Å². The van der Waals surface area contributed by atoms with Crippen LogP contribution in [0.2, 0.25) is 5.15 Å². The summed E-state index contributed by atoms with van der Waals surface area (Å²) in [4.78, 5) is 3.50. The van der Waals surface area contributed by atoms with Gasteiger partial charge in [0.15, 0.2) is 0 Å². The van der Waals surface area contributed by atoms with Gasteiger partial charge in [-0.2, -0.15) is 13.2 Å². The third kappa shape index (κ3) is 3.01. The van der Waals surface area contributed by atoms with Gasteiger partial charge in [-0.25, -0.2) is 4.98 Å². The van der Waals surface area contributed by atoms with E-state index in [0.29, 0.717) is 0 Å². The highest BCUT2D eigenvalue weighted by Gasteiger charge is 2.39. The van der Waals surface area contributed by atoms with E-state index in [4.69, 9.17) is 17.3 Å². The molecule has 1 aromatic heterocycles. The lowest BCUT2D eigenvalue weighted by Crippen LogP contribution is -2.28. The van der Waals surface area contributed by atoms with E-state index < -0.39 is 12.2 Å². The number of hydrogen-bond acceptors (Lipinski definition) is 2. The molecule has 0 bridgehead atoms. The molecule has 0 saturated heterocycles. The first-order valence-corrected chi connectivity index (χ1v) is 3.73. The Kier molecular flexibility index (Phi) is 4.64. The maximum atomic E-state index is 12.1. The van der Waals surface area contributed by atoms with Crippen LogP contribution in [0.25, 0.3) is 0 Å². The van der Waals surface area contributed by atoms with Gasteiger partial charge in [0.25, 0.3) is 0 Å². The third-order valence-electron chi connectivity index (χ3n) is 1.48. The van der Waals surface area contributed by atoms with E-state index in [0.717, 1.165) is 0 Å². The predicted octanol–water partition coefficient (Wildman–Crippen LogP) is 2.72. The van der Waals surface area contributed by atoms with Crippen LogP contribution in [-0.4, -0.2) is 11.2 Å². The first-order valence-electron chi connectivity index (χ1n) is 3.35. The van der Waals surface area contributed by atoms with Crippen molar-refractivity contribution in [3.63, 3.8) is 0 Å².